The van der Waals surface area contributed by atoms with Gasteiger partial charge in [-0.25, -0.2) is 4.39 Å². The molecular formula is C12H15BrFNO2. The zero-order valence-electron chi connectivity index (χ0n) is 9.59. The van der Waals surface area contributed by atoms with E-state index >= 15 is 0 Å². The van der Waals surface area contributed by atoms with Crippen LogP contribution >= 0.6 is 15.9 Å². The molecule has 2 rings (SSSR count). The van der Waals surface area contributed by atoms with Crippen molar-refractivity contribution in [2.75, 3.05) is 13.7 Å². The van der Waals surface area contributed by atoms with E-state index in [0.717, 1.165) is 25.5 Å². The second-order valence-electron chi connectivity index (χ2n) is 4.20. The molecule has 94 valence electrons. The third-order valence-corrected chi connectivity index (χ3v) is 3.90. The smallest absolute Gasteiger partial charge is 0.175 e. The number of halogens is 2. The lowest BCUT2D eigenvalue weighted by atomic mass is 10.0. The Labute approximate surface area is 108 Å². The molecule has 1 aliphatic rings. The summed E-state index contributed by atoms with van der Waals surface area (Å²) in [5.41, 5.74) is 0.555. The van der Waals surface area contributed by atoms with Gasteiger partial charge >= 0.3 is 0 Å². The molecule has 0 saturated carbocycles. The largest absolute Gasteiger partial charge is 0.504 e. The summed E-state index contributed by atoms with van der Waals surface area (Å²) in [7, 11) is 1.45. The van der Waals surface area contributed by atoms with Crippen molar-refractivity contribution in [3.63, 3.8) is 0 Å². The Morgan fingerprint density at radius 1 is 1.65 bits per heavy atom. The van der Waals surface area contributed by atoms with Crippen LogP contribution in [0.5, 0.6) is 11.5 Å². The fourth-order valence-corrected chi connectivity index (χ4v) is 2.90. The standard InChI is InChI=1S/C12H15BrFNO2/c1-17-12-10(16)6-9(14)8(11(12)13)5-7-3-2-4-15-7/h6-7,15-16H,2-5H2,1H3. The van der Waals surface area contributed by atoms with Gasteiger partial charge in [0.15, 0.2) is 11.5 Å². The highest BCUT2D eigenvalue weighted by atomic mass is 79.9. The van der Waals surface area contributed by atoms with Crippen LogP contribution in [-0.2, 0) is 6.42 Å². The molecule has 1 aromatic carbocycles. The molecule has 1 unspecified atom stereocenters. The number of nitrogens with one attached hydrogen (secondary N) is 1. The van der Waals surface area contributed by atoms with Crippen LogP contribution in [0.25, 0.3) is 0 Å². The maximum atomic E-state index is 13.8. The molecule has 0 bridgehead atoms. The van der Waals surface area contributed by atoms with Crippen LogP contribution in [0.2, 0.25) is 0 Å². The van der Waals surface area contributed by atoms with Crippen molar-refractivity contribution in [2.24, 2.45) is 0 Å². The van der Waals surface area contributed by atoms with E-state index in [9.17, 15) is 9.50 Å². The van der Waals surface area contributed by atoms with Crippen molar-refractivity contribution < 1.29 is 14.2 Å². The minimum atomic E-state index is -0.399. The second kappa shape index (κ2) is 5.23. The molecule has 0 amide bonds. The van der Waals surface area contributed by atoms with Crippen molar-refractivity contribution in [1.29, 1.82) is 0 Å². The van der Waals surface area contributed by atoms with Gasteiger partial charge in [-0.05, 0) is 41.7 Å². The van der Waals surface area contributed by atoms with Gasteiger partial charge in [-0.15, -0.1) is 0 Å². The summed E-state index contributed by atoms with van der Waals surface area (Å²) in [6.07, 6.45) is 2.78. The number of phenols is 1. The van der Waals surface area contributed by atoms with Gasteiger partial charge < -0.3 is 15.2 Å². The van der Waals surface area contributed by atoms with Crippen LogP contribution in [0.15, 0.2) is 10.5 Å². The molecule has 0 spiro atoms. The Hall–Kier alpha value is -0.810. The summed E-state index contributed by atoms with van der Waals surface area (Å²) in [5.74, 6) is -0.289. The number of methoxy groups -OCH3 is 1. The zero-order valence-corrected chi connectivity index (χ0v) is 11.2. The first-order chi connectivity index (χ1) is 8.13. The topological polar surface area (TPSA) is 41.5 Å². The molecule has 1 fully saturated rings. The quantitative estimate of drug-likeness (QED) is 0.902. The minimum Gasteiger partial charge on any atom is -0.504 e. The lowest BCUT2D eigenvalue weighted by Crippen LogP contribution is -2.24. The monoisotopic (exact) mass is 303 g/mol. The summed E-state index contributed by atoms with van der Waals surface area (Å²) >= 11 is 3.30. The highest BCUT2D eigenvalue weighted by Crippen LogP contribution is 2.39. The molecule has 1 saturated heterocycles. The molecule has 17 heavy (non-hydrogen) atoms. The molecule has 0 radical (unpaired) electrons. The molecule has 0 aliphatic carbocycles. The Balaban J connectivity index is 2.31. The van der Waals surface area contributed by atoms with E-state index in [2.05, 4.69) is 21.2 Å². The first-order valence-corrected chi connectivity index (χ1v) is 6.40. The highest BCUT2D eigenvalue weighted by Gasteiger charge is 2.22. The predicted molar refractivity (Wildman–Crippen MR) is 67.0 cm³/mol. The van der Waals surface area contributed by atoms with Gasteiger partial charge in [0.05, 0.1) is 11.6 Å². The van der Waals surface area contributed by atoms with E-state index in [1.54, 1.807) is 0 Å². The third kappa shape index (κ3) is 2.55. The molecule has 0 aromatic heterocycles. The second-order valence-corrected chi connectivity index (χ2v) is 4.99. The van der Waals surface area contributed by atoms with Gasteiger partial charge in [0, 0.05) is 17.7 Å². The summed E-state index contributed by atoms with van der Waals surface area (Å²) in [6.45, 7) is 0.985. The number of ether oxygens (including phenoxy) is 1. The van der Waals surface area contributed by atoms with E-state index in [1.165, 1.54) is 7.11 Å². The first kappa shape index (κ1) is 12.6. The number of benzene rings is 1. The van der Waals surface area contributed by atoms with Gasteiger partial charge in [-0.3, -0.25) is 0 Å². The molecule has 1 atom stereocenters. The maximum absolute atomic E-state index is 13.8. The van der Waals surface area contributed by atoms with Crippen molar-refractivity contribution in [3.05, 3.63) is 21.9 Å². The van der Waals surface area contributed by atoms with Crippen LogP contribution in [0, 0.1) is 5.82 Å². The summed E-state index contributed by atoms with van der Waals surface area (Å²) < 4.78 is 19.4. The SMILES string of the molecule is COc1c(O)cc(F)c(CC2CCCN2)c1Br. The Morgan fingerprint density at radius 2 is 2.41 bits per heavy atom. The van der Waals surface area contributed by atoms with Crippen molar-refractivity contribution in [2.45, 2.75) is 25.3 Å². The number of rotatable bonds is 3. The predicted octanol–water partition coefficient (Wildman–Crippen LogP) is 2.60. The van der Waals surface area contributed by atoms with Crippen LogP contribution in [0.3, 0.4) is 0 Å². The zero-order chi connectivity index (χ0) is 12.4. The van der Waals surface area contributed by atoms with E-state index < -0.39 is 5.82 Å². The highest BCUT2D eigenvalue weighted by molar-refractivity contribution is 9.10. The van der Waals surface area contributed by atoms with Crippen LogP contribution in [0.1, 0.15) is 18.4 Å². The molecule has 2 N–H and O–H groups in total. The average Bonchev–Trinajstić information content (AvgIpc) is 2.77. The lowest BCUT2D eigenvalue weighted by Gasteiger charge is -2.15. The Morgan fingerprint density at radius 3 is 3.00 bits per heavy atom. The third-order valence-electron chi connectivity index (χ3n) is 3.07. The summed E-state index contributed by atoms with van der Waals surface area (Å²) in [6, 6.07) is 1.41. The van der Waals surface area contributed by atoms with Gasteiger partial charge in [0.1, 0.15) is 5.82 Å². The molecule has 3 nitrogen and oxygen atoms in total. The van der Waals surface area contributed by atoms with Crippen LogP contribution in [0.4, 0.5) is 4.39 Å². The summed E-state index contributed by atoms with van der Waals surface area (Å²) in [5, 5.41) is 12.9. The van der Waals surface area contributed by atoms with Gasteiger partial charge in [0.25, 0.3) is 0 Å². The van der Waals surface area contributed by atoms with Crippen LogP contribution < -0.4 is 10.1 Å². The van der Waals surface area contributed by atoms with E-state index in [1.807, 2.05) is 0 Å². The minimum absolute atomic E-state index is 0.181. The lowest BCUT2D eigenvalue weighted by molar-refractivity contribution is 0.366. The maximum Gasteiger partial charge on any atom is 0.175 e. The molecule has 1 aromatic rings. The van der Waals surface area contributed by atoms with E-state index in [0.29, 0.717) is 28.2 Å². The number of aromatic hydroxyl groups is 1. The van der Waals surface area contributed by atoms with Crippen molar-refractivity contribution in [3.8, 4) is 11.5 Å². The molecular weight excluding hydrogens is 289 g/mol. The van der Waals surface area contributed by atoms with Gasteiger partial charge in [-0.2, -0.15) is 0 Å². The summed E-state index contributed by atoms with van der Waals surface area (Å²) in [4.78, 5) is 0. The van der Waals surface area contributed by atoms with Crippen molar-refractivity contribution >= 4 is 15.9 Å². The van der Waals surface area contributed by atoms with Gasteiger partial charge in [0.2, 0.25) is 0 Å². The fraction of sp³-hybridized carbons (Fsp3) is 0.500. The number of hydrogen-bond acceptors (Lipinski definition) is 3. The van der Waals surface area contributed by atoms with E-state index in [-0.39, 0.29) is 5.75 Å². The number of phenolic OH excluding ortho intramolecular Hbond substituents is 1. The van der Waals surface area contributed by atoms with E-state index in [4.69, 9.17) is 4.74 Å². The first-order valence-electron chi connectivity index (χ1n) is 5.60. The van der Waals surface area contributed by atoms with Crippen molar-refractivity contribution in [1.82, 2.24) is 5.32 Å². The Kier molecular flexibility index (Phi) is 3.89. The van der Waals surface area contributed by atoms with Gasteiger partial charge in [-0.1, -0.05) is 0 Å². The normalized spacial score (nSPS) is 19.6. The Bertz CT molecular complexity index is 419. The average molecular weight is 304 g/mol. The van der Waals surface area contributed by atoms with Crippen LogP contribution in [-0.4, -0.2) is 24.8 Å². The molecule has 1 heterocycles. The number of hydrogen-bond donors (Lipinski definition) is 2. The fourth-order valence-electron chi connectivity index (χ4n) is 2.19. The molecule has 5 heteroatoms. The molecule has 1 aliphatic heterocycles.